The third kappa shape index (κ3) is 4.15. The van der Waals surface area contributed by atoms with Gasteiger partial charge in [0.2, 0.25) is 0 Å². The first-order chi connectivity index (χ1) is 15.2. The Bertz CT molecular complexity index is 1210. The summed E-state index contributed by atoms with van der Waals surface area (Å²) in [6.45, 7) is 3.51. The van der Waals surface area contributed by atoms with E-state index in [4.69, 9.17) is 11.6 Å². The lowest BCUT2D eigenvalue weighted by molar-refractivity contribution is 0.0624. The zero-order valence-corrected chi connectivity index (χ0v) is 17.6. The molecule has 1 amide bonds. The van der Waals surface area contributed by atoms with Crippen molar-refractivity contribution in [2.75, 3.05) is 26.2 Å². The Morgan fingerprint density at radius 3 is 2.42 bits per heavy atom. The monoisotopic (exact) mass is 432 g/mol. The second-order valence-corrected chi connectivity index (χ2v) is 8.05. The average molecular weight is 433 g/mol. The van der Waals surface area contributed by atoms with E-state index in [1.165, 1.54) is 0 Å². The number of carbonyl (C=O) groups excluding carboxylic acids is 1. The van der Waals surface area contributed by atoms with Crippen LogP contribution >= 0.6 is 11.6 Å². The van der Waals surface area contributed by atoms with E-state index in [0.717, 1.165) is 40.9 Å². The Balaban J connectivity index is 1.23. The van der Waals surface area contributed by atoms with Gasteiger partial charge in [0.05, 0.1) is 12.2 Å². The van der Waals surface area contributed by atoms with Crippen LogP contribution in [0, 0.1) is 0 Å². The smallest absolute Gasteiger partial charge is 0.253 e. The number of fused-ring (bicyclic) bond motifs is 1. The normalized spacial score (nSPS) is 14.8. The number of halogens is 1. The van der Waals surface area contributed by atoms with Gasteiger partial charge in [0.25, 0.3) is 5.91 Å². The van der Waals surface area contributed by atoms with E-state index in [9.17, 15) is 4.79 Å². The van der Waals surface area contributed by atoms with Gasteiger partial charge in [-0.3, -0.25) is 9.69 Å². The van der Waals surface area contributed by atoms with Gasteiger partial charge in [-0.25, -0.2) is 0 Å². The molecular formula is C23H21ClN6O. The van der Waals surface area contributed by atoms with Gasteiger partial charge in [-0.05, 0) is 57.6 Å². The third-order valence-electron chi connectivity index (χ3n) is 5.63. The maximum Gasteiger partial charge on any atom is 0.253 e. The molecule has 1 saturated heterocycles. The second-order valence-electron chi connectivity index (χ2n) is 7.61. The summed E-state index contributed by atoms with van der Waals surface area (Å²) in [7, 11) is 0. The first kappa shape index (κ1) is 19.7. The quantitative estimate of drug-likeness (QED) is 0.494. The number of carbonyl (C=O) groups is 1. The van der Waals surface area contributed by atoms with Gasteiger partial charge >= 0.3 is 0 Å². The topological polar surface area (TPSA) is 67.2 Å². The van der Waals surface area contributed by atoms with Crippen LogP contribution in [0.3, 0.4) is 0 Å². The number of piperazine rings is 1. The summed E-state index contributed by atoms with van der Waals surface area (Å²) in [5, 5.41) is 15.0. The van der Waals surface area contributed by atoms with E-state index in [1.807, 2.05) is 65.6 Å². The zero-order valence-electron chi connectivity index (χ0n) is 16.9. The number of hydrogen-bond acceptors (Lipinski definition) is 5. The van der Waals surface area contributed by atoms with Crippen LogP contribution in [0.4, 0.5) is 0 Å². The summed E-state index contributed by atoms with van der Waals surface area (Å²) in [4.78, 5) is 17.2. The molecule has 1 aromatic heterocycles. The minimum Gasteiger partial charge on any atom is -0.336 e. The highest BCUT2D eigenvalue weighted by Crippen LogP contribution is 2.19. The van der Waals surface area contributed by atoms with E-state index in [0.29, 0.717) is 24.7 Å². The van der Waals surface area contributed by atoms with Gasteiger partial charge in [0, 0.05) is 36.8 Å². The van der Waals surface area contributed by atoms with Crippen molar-refractivity contribution in [1.82, 2.24) is 30.0 Å². The van der Waals surface area contributed by atoms with Crippen molar-refractivity contribution < 1.29 is 4.79 Å². The van der Waals surface area contributed by atoms with Crippen LogP contribution in [0.25, 0.3) is 16.5 Å². The van der Waals surface area contributed by atoms with Gasteiger partial charge in [-0.2, -0.15) is 4.68 Å². The standard InChI is InChI=1S/C23H21ClN6O/c24-20-7-9-21(10-8-20)30-22(25-26-27-30)16-28-11-13-29(14-12-28)23(31)19-6-5-17-3-1-2-4-18(17)15-19/h1-10,15H,11-14,16H2. The van der Waals surface area contributed by atoms with Crippen molar-refractivity contribution in [2.45, 2.75) is 6.54 Å². The highest BCUT2D eigenvalue weighted by molar-refractivity contribution is 6.30. The van der Waals surface area contributed by atoms with E-state index in [2.05, 4.69) is 26.5 Å². The summed E-state index contributed by atoms with van der Waals surface area (Å²) in [5.74, 6) is 0.841. The maximum absolute atomic E-state index is 13.0. The van der Waals surface area contributed by atoms with Crippen molar-refractivity contribution >= 4 is 28.3 Å². The molecule has 0 N–H and O–H groups in total. The first-order valence-corrected chi connectivity index (χ1v) is 10.6. The molecule has 0 spiro atoms. The average Bonchev–Trinajstić information content (AvgIpc) is 3.27. The summed E-state index contributed by atoms with van der Waals surface area (Å²) >= 11 is 5.98. The maximum atomic E-state index is 13.0. The lowest BCUT2D eigenvalue weighted by Crippen LogP contribution is -2.48. The van der Waals surface area contributed by atoms with Gasteiger partial charge in [-0.15, -0.1) is 5.10 Å². The molecule has 0 aliphatic carbocycles. The van der Waals surface area contributed by atoms with Crippen LogP contribution in [-0.2, 0) is 6.54 Å². The molecule has 31 heavy (non-hydrogen) atoms. The van der Waals surface area contributed by atoms with Crippen LogP contribution in [0.1, 0.15) is 16.2 Å². The fraction of sp³-hybridized carbons (Fsp3) is 0.217. The number of amides is 1. The molecule has 0 unspecified atom stereocenters. The highest BCUT2D eigenvalue weighted by Gasteiger charge is 2.23. The molecule has 5 rings (SSSR count). The van der Waals surface area contributed by atoms with Crippen LogP contribution in [0.15, 0.2) is 66.7 Å². The fourth-order valence-corrected chi connectivity index (χ4v) is 4.03. The molecule has 2 heterocycles. The third-order valence-corrected chi connectivity index (χ3v) is 5.88. The van der Waals surface area contributed by atoms with Crippen molar-refractivity contribution in [3.05, 3.63) is 83.1 Å². The Labute approximate surface area is 184 Å². The molecule has 0 saturated carbocycles. The predicted molar refractivity (Wildman–Crippen MR) is 119 cm³/mol. The number of aromatic nitrogens is 4. The Kier molecular flexibility index (Phi) is 5.36. The van der Waals surface area contributed by atoms with Crippen molar-refractivity contribution in [1.29, 1.82) is 0 Å². The molecular weight excluding hydrogens is 412 g/mol. The lowest BCUT2D eigenvalue weighted by atomic mass is 10.1. The van der Waals surface area contributed by atoms with Crippen LogP contribution in [0.5, 0.6) is 0 Å². The molecule has 3 aromatic carbocycles. The molecule has 1 aliphatic heterocycles. The number of rotatable bonds is 4. The number of tetrazole rings is 1. The van der Waals surface area contributed by atoms with E-state index < -0.39 is 0 Å². The van der Waals surface area contributed by atoms with Crippen LogP contribution in [0.2, 0.25) is 5.02 Å². The van der Waals surface area contributed by atoms with E-state index in [-0.39, 0.29) is 5.91 Å². The number of nitrogens with zero attached hydrogens (tertiary/aromatic N) is 6. The molecule has 7 nitrogen and oxygen atoms in total. The van der Waals surface area contributed by atoms with Gasteiger partial charge in [-0.1, -0.05) is 41.9 Å². The SMILES string of the molecule is O=C(c1ccc2ccccc2c1)N1CCN(Cc2nnnn2-c2ccc(Cl)cc2)CC1. The molecule has 1 fully saturated rings. The summed E-state index contributed by atoms with van der Waals surface area (Å²) in [6, 6.07) is 21.4. The molecule has 1 aliphatic rings. The van der Waals surface area contributed by atoms with E-state index in [1.54, 1.807) is 4.68 Å². The van der Waals surface area contributed by atoms with E-state index >= 15 is 0 Å². The summed E-state index contributed by atoms with van der Waals surface area (Å²) < 4.78 is 1.73. The first-order valence-electron chi connectivity index (χ1n) is 10.2. The van der Waals surface area contributed by atoms with Crippen LogP contribution < -0.4 is 0 Å². The van der Waals surface area contributed by atoms with Crippen molar-refractivity contribution in [2.24, 2.45) is 0 Å². The molecule has 8 heteroatoms. The summed E-state index contributed by atoms with van der Waals surface area (Å²) in [6.07, 6.45) is 0. The van der Waals surface area contributed by atoms with Crippen molar-refractivity contribution in [3.63, 3.8) is 0 Å². The molecule has 0 atom stereocenters. The van der Waals surface area contributed by atoms with Crippen molar-refractivity contribution in [3.8, 4) is 5.69 Å². The number of hydrogen-bond donors (Lipinski definition) is 0. The van der Waals surface area contributed by atoms with Gasteiger partial charge in [0.1, 0.15) is 0 Å². The lowest BCUT2D eigenvalue weighted by Gasteiger charge is -2.34. The molecule has 0 radical (unpaired) electrons. The summed E-state index contributed by atoms with van der Waals surface area (Å²) in [5.41, 5.74) is 1.60. The van der Waals surface area contributed by atoms with Gasteiger partial charge in [0.15, 0.2) is 5.82 Å². The Hall–Kier alpha value is -3.29. The zero-order chi connectivity index (χ0) is 21.2. The van der Waals surface area contributed by atoms with Gasteiger partial charge < -0.3 is 4.90 Å². The minimum atomic E-state index is 0.0800. The Morgan fingerprint density at radius 1 is 0.903 bits per heavy atom. The fourth-order valence-electron chi connectivity index (χ4n) is 3.90. The molecule has 4 aromatic rings. The number of benzene rings is 3. The largest absolute Gasteiger partial charge is 0.336 e. The second kappa shape index (κ2) is 8.45. The minimum absolute atomic E-state index is 0.0800. The predicted octanol–water partition coefficient (Wildman–Crippen LogP) is 3.43. The molecule has 156 valence electrons. The van der Waals surface area contributed by atoms with Crippen LogP contribution in [-0.4, -0.2) is 62.1 Å². The highest BCUT2D eigenvalue weighted by atomic mass is 35.5. The molecule has 0 bridgehead atoms. The Morgan fingerprint density at radius 2 is 1.65 bits per heavy atom.